The number of ether oxygens (including phenoxy) is 1. The van der Waals surface area contributed by atoms with Crippen LogP contribution in [-0.2, 0) is 9.53 Å². The van der Waals surface area contributed by atoms with Crippen molar-refractivity contribution in [2.24, 2.45) is 0 Å². The van der Waals surface area contributed by atoms with Gasteiger partial charge >= 0.3 is 0 Å². The van der Waals surface area contributed by atoms with E-state index in [0.29, 0.717) is 29.4 Å². The van der Waals surface area contributed by atoms with E-state index in [2.05, 4.69) is 10.3 Å². The highest BCUT2D eigenvalue weighted by Gasteiger charge is 2.45. The zero-order valence-corrected chi connectivity index (χ0v) is 24.5. The minimum Gasteiger partial charge on any atom is -0.395 e. The molecular formula is C27H29Cl2F3N4O5S. The Kier molecular flexibility index (Phi) is 9.67. The lowest BCUT2D eigenvalue weighted by Gasteiger charge is -2.46. The minimum absolute atomic E-state index is 0.00926. The van der Waals surface area contributed by atoms with Crippen molar-refractivity contribution in [3.8, 4) is 11.3 Å². The first kappa shape index (κ1) is 31.0. The number of carbonyl (C=O) groups is 1. The number of likely N-dealkylation sites (tertiary alicyclic amines) is 1. The van der Waals surface area contributed by atoms with E-state index in [1.165, 1.54) is 15.8 Å². The van der Waals surface area contributed by atoms with E-state index in [0.717, 1.165) is 17.0 Å². The van der Waals surface area contributed by atoms with Crippen LogP contribution in [0.4, 0.5) is 13.2 Å². The lowest BCUT2D eigenvalue weighted by atomic mass is 10.0. The van der Waals surface area contributed by atoms with Crippen LogP contribution in [0.1, 0.15) is 18.9 Å². The molecule has 0 spiro atoms. The van der Waals surface area contributed by atoms with E-state index in [-0.39, 0.29) is 36.1 Å². The van der Waals surface area contributed by atoms with Crippen molar-refractivity contribution >= 4 is 40.0 Å². The molecule has 1 amide bonds. The molecular weight excluding hydrogens is 620 g/mol. The van der Waals surface area contributed by atoms with E-state index >= 15 is 0 Å². The largest absolute Gasteiger partial charge is 0.395 e. The van der Waals surface area contributed by atoms with Gasteiger partial charge in [-0.05, 0) is 48.1 Å². The fraction of sp³-hybridized carbons (Fsp3) is 0.444. The second-order valence-corrected chi connectivity index (χ2v) is 13.6. The van der Waals surface area contributed by atoms with Crippen LogP contribution in [0.15, 0.2) is 41.4 Å². The van der Waals surface area contributed by atoms with Gasteiger partial charge in [0.1, 0.15) is 18.3 Å². The van der Waals surface area contributed by atoms with Crippen molar-refractivity contribution in [1.82, 2.24) is 19.9 Å². The van der Waals surface area contributed by atoms with Crippen LogP contribution in [0.3, 0.4) is 0 Å². The summed E-state index contributed by atoms with van der Waals surface area (Å²) in [6, 6.07) is 5.67. The molecule has 0 aliphatic carbocycles. The van der Waals surface area contributed by atoms with Crippen molar-refractivity contribution in [3.05, 3.63) is 64.0 Å². The lowest BCUT2D eigenvalue weighted by molar-refractivity contribution is -0.143. The van der Waals surface area contributed by atoms with Crippen LogP contribution in [0.25, 0.3) is 11.3 Å². The Hall–Kier alpha value is -2.39. The van der Waals surface area contributed by atoms with Gasteiger partial charge in [0, 0.05) is 29.7 Å². The average molecular weight is 650 g/mol. The summed E-state index contributed by atoms with van der Waals surface area (Å²) < 4.78 is 48.7. The molecule has 6 atom stereocenters. The van der Waals surface area contributed by atoms with Gasteiger partial charge in [0.2, 0.25) is 5.91 Å². The number of carbonyl (C=O) groups excluding carboxylic acids is 1. The normalized spacial score (nSPS) is 27.3. The third kappa shape index (κ3) is 6.42. The molecule has 0 saturated carbocycles. The molecule has 5 rings (SSSR count). The monoisotopic (exact) mass is 648 g/mol. The summed E-state index contributed by atoms with van der Waals surface area (Å²) >= 11 is 12.4. The number of benzene rings is 2. The van der Waals surface area contributed by atoms with Crippen LogP contribution in [0, 0.1) is 17.5 Å². The van der Waals surface area contributed by atoms with E-state index in [9.17, 15) is 33.3 Å². The second kappa shape index (κ2) is 13.1. The topological polar surface area (TPSA) is 121 Å². The van der Waals surface area contributed by atoms with Gasteiger partial charge < -0.3 is 25.0 Å². The van der Waals surface area contributed by atoms with Gasteiger partial charge in [-0.1, -0.05) is 28.4 Å². The summed E-state index contributed by atoms with van der Waals surface area (Å²) in [7, 11) is -1.29. The Bertz CT molecular complexity index is 1430. The van der Waals surface area contributed by atoms with Gasteiger partial charge in [0.25, 0.3) is 0 Å². The molecule has 0 radical (unpaired) electrons. The Morgan fingerprint density at radius 3 is 2.52 bits per heavy atom. The molecule has 228 valence electrons. The van der Waals surface area contributed by atoms with E-state index in [1.54, 1.807) is 18.2 Å². The van der Waals surface area contributed by atoms with Crippen molar-refractivity contribution in [2.45, 2.75) is 47.3 Å². The van der Waals surface area contributed by atoms with E-state index < -0.39 is 64.6 Å². The maximum Gasteiger partial charge on any atom is 0.248 e. The third-order valence-electron chi connectivity index (χ3n) is 7.59. The zero-order valence-electron chi connectivity index (χ0n) is 22.1. The molecule has 0 bridgehead atoms. The first-order valence-electron chi connectivity index (χ1n) is 13.2. The van der Waals surface area contributed by atoms with Gasteiger partial charge in [-0.3, -0.25) is 4.79 Å². The highest BCUT2D eigenvalue weighted by Crippen LogP contribution is 2.51. The molecule has 1 aromatic heterocycles. The lowest BCUT2D eigenvalue weighted by Crippen LogP contribution is -2.51. The first-order chi connectivity index (χ1) is 20.1. The molecule has 1 unspecified atom stereocenters. The zero-order chi connectivity index (χ0) is 30.1. The maximum absolute atomic E-state index is 13.9. The number of aliphatic hydroxyl groups excluding tert-OH is 3. The summed E-state index contributed by atoms with van der Waals surface area (Å²) in [6.45, 7) is -0.0593. The number of halogens is 5. The van der Waals surface area contributed by atoms with Gasteiger partial charge in [-0.2, -0.15) is 0 Å². The van der Waals surface area contributed by atoms with Crippen molar-refractivity contribution < 1.29 is 38.0 Å². The van der Waals surface area contributed by atoms with Gasteiger partial charge in [0.05, 0.1) is 41.2 Å². The van der Waals surface area contributed by atoms with E-state index in [4.69, 9.17) is 27.9 Å². The molecule has 2 aromatic carbocycles. The highest BCUT2D eigenvalue weighted by molar-refractivity contribution is 8.17. The van der Waals surface area contributed by atoms with Crippen molar-refractivity contribution in [3.63, 3.8) is 0 Å². The fourth-order valence-corrected chi connectivity index (χ4v) is 8.67. The number of hydrogen-bond acceptors (Lipinski definition) is 7. The fourth-order valence-electron chi connectivity index (χ4n) is 5.42. The predicted molar refractivity (Wildman–Crippen MR) is 151 cm³/mol. The molecule has 3 N–H and O–H groups in total. The first-order valence-corrected chi connectivity index (χ1v) is 15.6. The van der Waals surface area contributed by atoms with Crippen LogP contribution >= 0.6 is 34.1 Å². The number of β-amino-alcohol motifs (C(OH)–C–C–N with tert-alkyl or cyclic N) is 1. The molecule has 2 aliphatic rings. The number of piperidine rings is 1. The molecule has 15 heteroatoms. The number of aromatic nitrogens is 3. The molecule has 2 fully saturated rings. The highest BCUT2D eigenvalue weighted by atomic mass is 35.5. The molecule has 3 aromatic rings. The number of aliphatic hydroxyl groups is 3. The van der Waals surface area contributed by atoms with Crippen LogP contribution < -0.4 is 0 Å². The number of thiol groups is 1. The Balaban J connectivity index is 1.46. The molecule has 2 aliphatic heterocycles. The Morgan fingerprint density at radius 1 is 1.12 bits per heavy atom. The van der Waals surface area contributed by atoms with Crippen LogP contribution in [0.5, 0.6) is 0 Å². The molecule has 9 nitrogen and oxygen atoms in total. The number of rotatable bonds is 7. The summed E-state index contributed by atoms with van der Waals surface area (Å²) in [5.74, 6) is -4.46. The summed E-state index contributed by atoms with van der Waals surface area (Å²) in [5, 5.41) is 40.0. The van der Waals surface area contributed by atoms with Gasteiger partial charge in [-0.25, -0.2) is 28.7 Å². The van der Waals surface area contributed by atoms with E-state index in [1.807, 2.05) is 0 Å². The summed E-state index contributed by atoms with van der Waals surface area (Å²) in [6.07, 6.45) is -0.0928. The Labute approximate surface area is 252 Å². The summed E-state index contributed by atoms with van der Waals surface area (Å²) in [4.78, 5) is 15.2. The Morgan fingerprint density at radius 2 is 1.86 bits per heavy atom. The third-order valence-corrected chi connectivity index (χ3v) is 11.3. The average Bonchev–Trinajstić information content (AvgIpc) is 3.45. The number of nitrogens with zero attached hydrogens (tertiary/aromatic N) is 4. The predicted octanol–water partition coefficient (Wildman–Crippen LogP) is 3.37. The molecule has 2 saturated heterocycles. The molecule has 3 heterocycles. The smallest absolute Gasteiger partial charge is 0.248 e. The number of amides is 1. The van der Waals surface area contributed by atoms with Crippen LogP contribution in [0.2, 0.25) is 10.0 Å². The second-order valence-electron chi connectivity index (χ2n) is 10.3. The van der Waals surface area contributed by atoms with Crippen molar-refractivity contribution in [1.29, 1.82) is 0 Å². The van der Waals surface area contributed by atoms with Crippen molar-refractivity contribution in [2.75, 3.05) is 32.1 Å². The molecule has 42 heavy (non-hydrogen) atoms. The quantitative estimate of drug-likeness (QED) is 0.229. The van der Waals surface area contributed by atoms with Crippen LogP contribution in [-0.4, -0.2) is 96.7 Å². The standard InChI is InChI=1S/C27H29Cl2F3N4O5S/c28-17-4-3-16(8-18(17)29)42-13-22(41-12-24(39)35-5-1-2-15(38)9-35)26(27(40)23(42)11-37)36-10-21(33-34-36)14-6-19(30)25(32)20(31)7-14/h3-4,6-8,10,15,22-23,26-27,37-38,40,42H,1-2,5,9,11-13H2/t15-,22-,23+,26+,27-/m0/s1. The minimum atomic E-state index is -1.62. The summed E-state index contributed by atoms with van der Waals surface area (Å²) in [5.41, 5.74) is -0.0639. The van der Waals surface area contributed by atoms with Gasteiger partial charge in [-0.15, -0.1) is 5.10 Å². The SMILES string of the molecule is O=C(CO[C@H]1C[SH](c2ccc(Cl)c(Cl)c2)[C@H](CO)[C@H](O)[C@@H]1n1cc(-c2cc(F)c(F)c(F)c2)nn1)N1CCC[C@H](O)C1. The van der Waals surface area contributed by atoms with Gasteiger partial charge in [0.15, 0.2) is 17.5 Å². The maximum atomic E-state index is 13.9. The number of hydrogen-bond donors (Lipinski definition) is 4.